The second-order valence-corrected chi connectivity index (χ2v) is 4.19. The fourth-order valence-corrected chi connectivity index (χ4v) is 2.68. The molecule has 0 spiro atoms. The van der Waals surface area contributed by atoms with E-state index in [4.69, 9.17) is 0 Å². The molecule has 12 heavy (non-hydrogen) atoms. The minimum Gasteiger partial charge on any atom is -0.307 e. The summed E-state index contributed by atoms with van der Waals surface area (Å²) in [6.45, 7) is 1.08. The molecule has 2 aliphatic rings. The van der Waals surface area contributed by atoms with E-state index in [1.807, 2.05) is 0 Å². The Morgan fingerprint density at radius 3 is 2.67 bits per heavy atom. The lowest BCUT2D eigenvalue weighted by molar-refractivity contribution is -0.110. The van der Waals surface area contributed by atoms with Gasteiger partial charge in [0.25, 0.3) is 0 Å². The number of piperidine rings is 1. The van der Waals surface area contributed by atoms with Crippen LogP contribution in [0, 0.1) is 11.8 Å². The van der Waals surface area contributed by atoms with Crippen molar-refractivity contribution >= 4 is 6.29 Å². The Morgan fingerprint density at radius 2 is 1.92 bits per heavy atom. The summed E-state index contributed by atoms with van der Waals surface area (Å²) in [6, 6.07) is 0.157. The lowest BCUT2D eigenvalue weighted by Gasteiger charge is -2.38. The molecule has 0 amide bonds. The van der Waals surface area contributed by atoms with E-state index < -0.39 is 0 Å². The van der Waals surface area contributed by atoms with Gasteiger partial charge in [-0.25, -0.2) is 0 Å². The predicted octanol–water partition coefficient (Wildman–Crippen LogP) is 1.35. The van der Waals surface area contributed by atoms with Crippen molar-refractivity contribution in [1.82, 2.24) is 5.32 Å². The van der Waals surface area contributed by atoms with Crippen LogP contribution in [0.2, 0.25) is 0 Å². The molecule has 68 valence electrons. The van der Waals surface area contributed by atoms with E-state index in [-0.39, 0.29) is 6.04 Å². The van der Waals surface area contributed by atoms with E-state index in [0.717, 1.165) is 31.1 Å². The van der Waals surface area contributed by atoms with E-state index in [9.17, 15) is 4.79 Å². The molecule has 1 saturated carbocycles. The molecular weight excluding hydrogens is 150 g/mol. The maximum atomic E-state index is 10.6. The zero-order valence-electron chi connectivity index (χ0n) is 7.46. The zero-order chi connectivity index (χ0) is 8.39. The molecule has 0 aromatic heterocycles. The summed E-state index contributed by atoms with van der Waals surface area (Å²) in [5, 5.41) is 3.30. The topological polar surface area (TPSA) is 29.1 Å². The third-order valence-electron chi connectivity index (χ3n) is 3.43. The van der Waals surface area contributed by atoms with Gasteiger partial charge in [-0.1, -0.05) is 19.3 Å². The number of hydrogen-bond acceptors (Lipinski definition) is 2. The van der Waals surface area contributed by atoms with Crippen LogP contribution in [0.15, 0.2) is 0 Å². The molecule has 0 aromatic carbocycles. The van der Waals surface area contributed by atoms with Crippen molar-refractivity contribution in [2.24, 2.45) is 11.8 Å². The highest BCUT2D eigenvalue weighted by Gasteiger charge is 2.31. The Kier molecular flexibility index (Phi) is 2.45. The van der Waals surface area contributed by atoms with Crippen LogP contribution in [0.4, 0.5) is 0 Å². The van der Waals surface area contributed by atoms with E-state index in [1.54, 1.807) is 0 Å². The number of aldehydes is 1. The summed E-state index contributed by atoms with van der Waals surface area (Å²) in [7, 11) is 0. The van der Waals surface area contributed by atoms with E-state index in [0.29, 0.717) is 0 Å². The fraction of sp³-hybridized carbons (Fsp3) is 0.900. The number of fused-ring (bicyclic) bond motifs is 1. The monoisotopic (exact) mass is 167 g/mol. The van der Waals surface area contributed by atoms with Crippen LogP contribution in [0.3, 0.4) is 0 Å². The minimum atomic E-state index is 0.157. The summed E-state index contributed by atoms with van der Waals surface area (Å²) >= 11 is 0. The van der Waals surface area contributed by atoms with Crippen LogP contribution in [0.1, 0.15) is 32.1 Å². The third kappa shape index (κ3) is 1.53. The molecule has 1 saturated heterocycles. The molecule has 1 N–H and O–H groups in total. The smallest absolute Gasteiger partial charge is 0.136 e. The number of carbonyl (C=O) groups excluding carboxylic acids is 1. The normalized spacial score (nSPS) is 41.8. The van der Waals surface area contributed by atoms with Crippen molar-refractivity contribution in [3.8, 4) is 0 Å². The van der Waals surface area contributed by atoms with Crippen molar-refractivity contribution in [2.75, 3.05) is 6.54 Å². The van der Waals surface area contributed by atoms with E-state index in [1.165, 1.54) is 25.7 Å². The molecule has 1 aliphatic carbocycles. The summed E-state index contributed by atoms with van der Waals surface area (Å²) in [5.74, 6) is 1.71. The molecule has 3 atom stereocenters. The van der Waals surface area contributed by atoms with Crippen molar-refractivity contribution in [2.45, 2.75) is 38.1 Å². The molecule has 0 bridgehead atoms. The molecule has 2 heteroatoms. The molecule has 0 aromatic rings. The van der Waals surface area contributed by atoms with E-state index >= 15 is 0 Å². The first-order valence-electron chi connectivity index (χ1n) is 5.09. The van der Waals surface area contributed by atoms with Crippen molar-refractivity contribution in [3.63, 3.8) is 0 Å². The Hall–Kier alpha value is -0.370. The first kappa shape index (κ1) is 8.24. The summed E-state index contributed by atoms with van der Waals surface area (Å²) < 4.78 is 0. The first-order valence-corrected chi connectivity index (χ1v) is 5.09. The Morgan fingerprint density at radius 1 is 1.17 bits per heavy atom. The molecule has 2 rings (SSSR count). The van der Waals surface area contributed by atoms with Crippen LogP contribution in [-0.4, -0.2) is 18.9 Å². The van der Waals surface area contributed by atoms with Crippen LogP contribution in [0.25, 0.3) is 0 Å². The third-order valence-corrected chi connectivity index (χ3v) is 3.43. The van der Waals surface area contributed by atoms with Crippen LogP contribution in [0.5, 0.6) is 0 Å². The molecule has 2 nitrogen and oxygen atoms in total. The summed E-state index contributed by atoms with van der Waals surface area (Å²) in [6.07, 6.45) is 7.68. The highest BCUT2D eigenvalue weighted by atomic mass is 16.1. The van der Waals surface area contributed by atoms with Crippen LogP contribution in [-0.2, 0) is 4.79 Å². The standard InChI is InChI=1S/C10H17NO/c12-7-10-5-8-3-1-2-4-9(8)6-11-10/h7-11H,1-6H2/t8-,9+,10-/m0/s1. The maximum Gasteiger partial charge on any atom is 0.136 e. The van der Waals surface area contributed by atoms with Crippen LogP contribution >= 0.6 is 0 Å². The van der Waals surface area contributed by atoms with Gasteiger partial charge in [-0.2, -0.15) is 0 Å². The number of rotatable bonds is 1. The van der Waals surface area contributed by atoms with Gasteiger partial charge >= 0.3 is 0 Å². The molecule has 0 unspecified atom stereocenters. The van der Waals surface area contributed by atoms with Gasteiger partial charge in [-0.15, -0.1) is 0 Å². The highest BCUT2D eigenvalue weighted by molar-refractivity contribution is 5.57. The quantitative estimate of drug-likeness (QED) is 0.597. The van der Waals surface area contributed by atoms with Gasteiger partial charge in [-0.3, -0.25) is 0 Å². The largest absolute Gasteiger partial charge is 0.307 e. The van der Waals surface area contributed by atoms with Gasteiger partial charge in [0.15, 0.2) is 0 Å². The number of nitrogens with one attached hydrogen (secondary N) is 1. The fourth-order valence-electron chi connectivity index (χ4n) is 2.68. The summed E-state index contributed by atoms with van der Waals surface area (Å²) in [5.41, 5.74) is 0. The average Bonchev–Trinajstić information content (AvgIpc) is 2.17. The van der Waals surface area contributed by atoms with Gasteiger partial charge in [0.1, 0.15) is 6.29 Å². The Bertz CT molecular complexity index is 169. The Balaban J connectivity index is 1.93. The minimum absolute atomic E-state index is 0.157. The molecule has 1 aliphatic heterocycles. The highest BCUT2D eigenvalue weighted by Crippen LogP contribution is 2.34. The predicted molar refractivity (Wildman–Crippen MR) is 47.9 cm³/mol. The van der Waals surface area contributed by atoms with Crippen molar-refractivity contribution < 1.29 is 4.79 Å². The molecular formula is C10H17NO. The lowest BCUT2D eigenvalue weighted by Crippen LogP contribution is -2.45. The second kappa shape index (κ2) is 3.56. The van der Waals surface area contributed by atoms with Gasteiger partial charge in [0.2, 0.25) is 0 Å². The molecule has 0 radical (unpaired) electrons. The van der Waals surface area contributed by atoms with Crippen molar-refractivity contribution in [3.05, 3.63) is 0 Å². The van der Waals surface area contributed by atoms with Crippen LogP contribution < -0.4 is 5.32 Å². The second-order valence-electron chi connectivity index (χ2n) is 4.19. The Labute approximate surface area is 73.7 Å². The summed E-state index contributed by atoms with van der Waals surface area (Å²) in [4.78, 5) is 10.6. The number of hydrogen-bond donors (Lipinski definition) is 1. The first-order chi connectivity index (χ1) is 5.90. The zero-order valence-corrected chi connectivity index (χ0v) is 7.46. The van der Waals surface area contributed by atoms with Gasteiger partial charge in [0.05, 0.1) is 6.04 Å². The van der Waals surface area contributed by atoms with Gasteiger partial charge in [0, 0.05) is 0 Å². The van der Waals surface area contributed by atoms with Crippen molar-refractivity contribution in [1.29, 1.82) is 0 Å². The SMILES string of the molecule is O=C[C@@H]1C[C@@H]2CCCC[C@@H]2CN1. The molecule has 1 heterocycles. The maximum absolute atomic E-state index is 10.6. The number of carbonyl (C=O) groups is 1. The average molecular weight is 167 g/mol. The molecule has 2 fully saturated rings. The lowest BCUT2D eigenvalue weighted by atomic mass is 9.74. The van der Waals surface area contributed by atoms with Gasteiger partial charge in [-0.05, 0) is 31.2 Å². The van der Waals surface area contributed by atoms with Gasteiger partial charge < -0.3 is 10.1 Å². The van der Waals surface area contributed by atoms with E-state index in [2.05, 4.69) is 5.32 Å².